The van der Waals surface area contributed by atoms with Crippen molar-refractivity contribution in [3.8, 4) is 0 Å². The minimum Gasteiger partial charge on any atom is -0.325 e. The first kappa shape index (κ1) is 21.3. The fourth-order valence-electron chi connectivity index (χ4n) is 2.71. The molecule has 4 nitrogen and oxygen atoms in total. The van der Waals surface area contributed by atoms with E-state index in [0.29, 0.717) is 10.9 Å². The lowest BCUT2D eigenvalue weighted by Crippen LogP contribution is -2.20. The van der Waals surface area contributed by atoms with E-state index in [4.69, 9.17) is 11.6 Å². The van der Waals surface area contributed by atoms with Crippen LogP contribution in [0.25, 0.3) is 0 Å². The highest BCUT2D eigenvalue weighted by Crippen LogP contribution is 2.27. The SMILES string of the molecule is Cc1cc(Cl)ccc1NC(=O)CSCC(=O)Nc1c(C)cccc1C(C)C. The van der Waals surface area contributed by atoms with Crippen LogP contribution in [0.15, 0.2) is 36.4 Å². The van der Waals surface area contributed by atoms with Crippen LogP contribution in [-0.4, -0.2) is 23.3 Å². The summed E-state index contributed by atoms with van der Waals surface area (Å²) in [5.41, 5.74) is 4.66. The second-order valence-electron chi connectivity index (χ2n) is 6.74. The van der Waals surface area contributed by atoms with Gasteiger partial charge < -0.3 is 10.6 Å². The molecule has 6 heteroatoms. The fraction of sp³-hybridized carbons (Fsp3) is 0.333. The van der Waals surface area contributed by atoms with Gasteiger partial charge in [-0.05, 0) is 54.7 Å². The molecule has 0 aliphatic heterocycles. The minimum atomic E-state index is -0.142. The van der Waals surface area contributed by atoms with E-state index in [-0.39, 0.29) is 23.3 Å². The average molecular weight is 405 g/mol. The van der Waals surface area contributed by atoms with Crippen LogP contribution in [0.2, 0.25) is 5.02 Å². The van der Waals surface area contributed by atoms with Gasteiger partial charge in [-0.1, -0.05) is 43.6 Å². The Morgan fingerprint density at radius 3 is 2.30 bits per heavy atom. The van der Waals surface area contributed by atoms with E-state index < -0.39 is 0 Å². The van der Waals surface area contributed by atoms with Crippen LogP contribution in [0.5, 0.6) is 0 Å². The van der Waals surface area contributed by atoms with Crippen molar-refractivity contribution in [3.63, 3.8) is 0 Å². The van der Waals surface area contributed by atoms with Gasteiger partial charge in [0.1, 0.15) is 0 Å². The lowest BCUT2D eigenvalue weighted by Gasteiger charge is -2.16. The van der Waals surface area contributed by atoms with E-state index in [1.165, 1.54) is 11.8 Å². The van der Waals surface area contributed by atoms with Crippen molar-refractivity contribution in [1.29, 1.82) is 0 Å². The largest absolute Gasteiger partial charge is 0.325 e. The van der Waals surface area contributed by atoms with Gasteiger partial charge in [0, 0.05) is 16.4 Å². The Kier molecular flexibility index (Phi) is 7.75. The molecule has 0 unspecified atom stereocenters. The summed E-state index contributed by atoms with van der Waals surface area (Å²) in [6.07, 6.45) is 0. The number of rotatable bonds is 7. The third kappa shape index (κ3) is 6.29. The molecule has 0 aliphatic carbocycles. The highest BCUT2D eigenvalue weighted by atomic mass is 35.5. The molecule has 2 aromatic rings. The Morgan fingerprint density at radius 1 is 1.00 bits per heavy atom. The van der Waals surface area contributed by atoms with Crippen molar-refractivity contribution < 1.29 is 9.59 Å². The summed E-state index contributed by atoms with van der Waals surface area (Å²) >= 11 is 7.21. The van der Waals surface area contributed by atoms with E-state index in [9.17, 15) is 9.59 Å². The van der Waals surface area contributed by atoms with Crippen LogP contribution in [0.3, 0.4) is 0 Å². The smallest absolute Gasteiger partial charge is 0.234 e. The number of anilines is 2. The molecule has 2 rings (SSSR count). The lowest BCUT2D eigenvalue weighted by molar-refractivity contribution is -0.114. The van der Waals surface area contributed by atoms with Crippen molar-refractivity contribution in [1.82, 2.24) is 0 Å². The number of para-hydroxylation sites is 1. The maximum absolute atomic E-state index is 12.3. The molecular weight excluding hydrogens is 380 g/mol. The van der Waals surface area contributed by atoms with Crippen LogP contribution in [0.4, 0.5) is 11.4 Å². The van der Waals surface area contributed by atoms with E-state index in [1.54, 1.807) is 18.2 Å². The molecule has 2 aromatic carbocycles. The van der Waals surface area contributed by atoms with Crippen LogP contribution >= 0.6 is 23.4 Å². The zero-order valence-corrected chi connectivity index (χ0v) is 17.6. The topological polar surface area (TPSA) is 58.2 Å². The number of nitrogens with one attached hydrogen (secondary N) is 2. The summed E-state index contributed by atoms with van der Waals surface area (Å²) in [5, 5.41) is 6.47. The number of carbonyl (C=O) groups is 2. The van der Waals surface area contributed by atoms with Gasteiger partial charge >= 0.3 is 0 Å². The molecule has 27 heavy (non-hydrogen) atoms. The molecule has 0 radical (unpaired) electrons. The van der Waals surface area contributed by atoms with Crippen LogP contribution in [-0.2, 0) is 9.59 Å². The summed E-state index contributed by atoms with van der Waals surface area (Å²) in [5.74, 6) is 0.504. The van der Waals surface area contributed by atoms with E-state index in [0.717, 1.165) is 28.1 Å². The first-order valence-electron chi connectivity index (χ1n) is 8.81. The third-order valence-corrected chi connectivity index (χ3v) is 5.29. The van der Waals surface area contributed by atoms with Gasteiger partial charge in [-0.15, -0.1) is 11.8 Å². The van der Waals surface area contributed by atoms with Gasteiger partial charge in [0.05, 0.1) is 11.5 Å². The van der Waals surface area contributed by atoms with Gasteiger partial charge in [-0.25, -0.2) is 0 Å². The van der Waals surface area contributed by atoms with E-state index in [1.807, 2.05) is 32.0 Å². The number of benzene rings is 2. The number of amides is 2. The van der Waals surface area contributed by atoms with E-state index in [2.05, 4.69) is 24.5 Å². The maximum Gasteiger partial charge on any atom is 0.234 e. The minimum absolute atomic E-state index is 0.105. The van der Waals surface area contributed by atoms with Crippen molar-refractivity contribution in [2.75, 3.05) is 22.1 Å². The van der Waals surface area contributed by atoms with Gasteiger partial charge in [0.2, 0.25) is 11.8 Å². The number of carbonyl (C=O) groups excluding carboxylic acids is 2. The maximum atomic E-state index is 12.3. The molecule has 2 N–H and O–H groups in total. The molecule has 0 spiro atoms. The molecule has 0 bridgehead atoms. The highest BCUT2D eigenvalue weighted by molar-refractivity contribution is 8.00. The molecule has 2 amide bonds. The lowest BCUT2D eigenvalue weighted by atomic mass is 9.98. The third-order valence-electron chi connectivity index (χ3n) is 4.12. The number of hydrogen-bond donors (Lipinski definition) is 2. The van der Waals surface area contributed by atoms with Crippen molar-refractivity contribution in [2.45, 2.75) is 33.6 Å². The van der Waals surface area contributed by atoms with Gasteiger partial charge in [-0.3, -0.25) is 9.59 Å². The first-order chi connectivity index (χ1) is 12.8. The molecule has 0 fully saturated rings. The zero-order valence-electron chi connectivity index (χ0n) is 16.1. The quantitative estimate of drug-likeness (QED) is 0.650. The predicted octanol–water partition coefficient (Wildman–Crippen LogP) is 5.39. The fourth-order valence-corrected chi connectivity index (χ4v) is 3.55. The Bertz CT molecular complexity index is 837. The molecule has 0 aromatic heterocycles. The second-order valence-corrected chi connectivity index (χ2v) is 8.16. The van der Waals surface area contributed by atoms with Crippen LogP contribution in [0, 0.1) is 13.8 Å². The molecule has 0 saturated heterocycles. The molecule has 0 heterocycles. The monoisotopic (exact) mass is 404 g/mol. The number of aryl methyl sites for hydroxylation is 2. The number of hydrogen-bond acceptors (Lipinski definition) is 3. The van der Waals surface area contributed by atoms with Gasteiger partial charge in [0.15, 0.2) is 0 Å². The van der Waals surface area contributed by atoms with Gasteiger partial charge in [0.25, 0.3) is 0 Å². The molecular formula is C21H25ClN2O2S. The summed E-state index contributed by atoms with van der Waals surface area (Å²) in [7, 11) is 0. The van der Waals surface area contributed by atoms with Crippen LogP contribution < -0.4 is 10.6 Å². The molecule has 0 aliphatic rings. The van der Waals surface area contributed by atoms with E-state index >= 15 is 0 Å². The number of thioether (sulfide) groups is 1. The molecule has 0 saturated carbocycles. The summed E-state index contributed by atoms with van der Waals surface area (Å²) < 4.78 is 0. The molecule has 0 atom stereocenters. The zero-order chi connectivity index (χ0) is 20.0. The molecule has 144 valence electrons. The van der Waals surface area contributed by atoms with Crippen molar-refractivity contribution >= 4 is 46.6 Å². The summed E-state index contributed by atoms with van der Waals surface area (Å²) in [6, 6.07) is 11.3. The standard InChI is InChI=1S/C21H25ClN2O2S/c1-13(2)17-7-5-6-14(3)21(17)24-20(26)12-27-11-19(25)23-18-9-8-16(22)10-15(18)4/h5-10,13H,11-12H2,1-4H3,(H,23,25)(H,24,26). The summed E-state index contributed by atoms with van der Waals surface area (Å²) in [6.45, 7) is 8.07. The Hall–Kier alpha value is -1.98. The van der Waals surface area contributed by atoms with Crippen molar-refractivity contribution in [3.05, 3.63) is 58.1 Å². The van der Waals surface area contributed by atoms with Crippen molar-refractivity contribution in [2.24, 2.45) is 0 Å². The van der Waals surface area contributed by atoms with Gasteiger partial charge in [-0.2, -0.15) is 0 Å². The highest BCUT2D eigenvalue weighted by Gasteiger charge is 2.13. The Balaban J connectivity index is 1.85. The number of halogens is 1. The second kappa shape index (κ2) is 9.81. The average Bonchev–Trinajstić information content (AvgIpc) is 2.59. The van der Waals surface area contributed by atoms with Crippen LogP contribution in [0.1, 0.15) is 36.5 Å². The summed E-state index contributed by atoms with van der Waals surface area (Å²) in [4.78, 5) is 24.4. The Morgan fingerprint density at radius 2 is 1.67 bits per heavy atom. The predicted molar refractivity (Wildman–Crippen MR) is 116 cm³/mol. The normalized spacial score (nSPS) is 10.7. The Labute approximate surface area is 170 Å². The first-order valence-corrected chi connectivity index (χ1v) is 10.3.